The molecule has 0 aliphatic carbocycles. The van der Waals surface area contributed by atoms with Crippen molar-refractivity contribution in [3.63, 3.8) is 0 Å². The maximum absolute atomic E-state index is 13.3. The number of piperidine rings is 1. The molecule has 2 aliphatic rings. The minimum Gasteiger partial charge on any atom is -0.341 e. The Hall–Kier alpha value is -1.88. The van der Waals surface area contributed by atoms with Crippen LogP contribution in [0.1, 0.15) is 44.2 Å². The number of carbonyl (C=O) groups is 2. The lowest BCUT2D eigenvalue weighted by atomic mass is 9.91. The number of hydrogen-bond donors (Lipinski definition) is 1. The van der Waals surface area contributed by atoms with E-state index in [9.17, 15) is 9.59 Å². The first-order valence-corrected chi connectivity index (χ1v) is 10.3. The second-order valence-electron chi connectivity index (χ2n) is 8.43. The smallest absolute Gasteiger partial charge is 0.245 e. The zero-order valence-corrected chi connectivity index (χ0v) is 16.9. The molecule has 1 aromatic rings. The van der Waals surface area contributed by atoms with Gasteiger partial charge in [-0.15, -0.1) is 0 Å². The van der Waals surface area contributed by atoms with E-state index >= 15 is 0 Å². The number of benzene rings is 1. The van der Waals surface area contributed by atoms with Gasteiger partial charge in [-0.3, -0.25) is 9.59 Å². The quantitative estimate of drug-likeness (QED) is 0.865. The lowest BCUT2D eigenvalue weighted by Gasteiger charge is -2.41. The predicted octanol–water partition coefficient (Wildman–Crippen LogP) is 2.44. The summed E-state index contributed by atoms with van der Waals surface area (Å²) >= 11 is 0. The molecule has 2 heterocycles. The molecule has 0 radical (unpaired) electrons. The van der Waals surface area contributed by atoms with E-state index in [1.807, 2.05) is 29.0 Å². The van der Waals surface area contributed by atoms with Crippen LogP contribution in [0.4, 0.5) is 0 Å². The van der Waals surface area contributed by atoms with Crippen molar-refractivity contribution in [3.8, 4) is 0 Å². The third-order valence-electron chi connectivity index (χ3n) is 5.86. The number of carbonyl (C=O) groups excluding carboxylic acids is 2. The third kappa shape index (κ3) is 4.70. The Kier molecular flexibility index (Phi) is 6.53. The average molecular weight is 372 g/mol. The Bertz CT molecular complexity index is 665. The molecule has 1 N–H and O–H groups in total. The van der Waals surface area contributed by atoms with Gasteiger partial charge >= 0.3 is 0 Å². The molecule has 2 aliphatic heterocycles. The monoisotopic (exact) mass is 371 g/mol. The van der Waals surface area contributed by atoms with Crippen molar-refractivity contribution < 1.29 is 9.59 Å². The number of hydrogen-bond acceptors (Lipinski definition) is 3. The molecule has 3 rings (SSSR count). The minimum absolute atomic E-state index is 0.0999. The zero-order valence-electron chi connectivity index (χ0n) is 16.9. The first-order valence-electron chi connectivity index (χ1n) is 10.3. The molecule has 1 atom stereocenters. The number of likely N-dealkylation sites (tertiary alicyclic amines) is 1. The van der Waals surface area contributed by atoms with E-state index < -0.39 is 0 Å². The van der Waals surface area contributed by atoms with E-state index in [-0.39, 0.29) is 17.9 Å². The maximum Gasteiger partial charge on any atom is 0.245 e. The van der Waals surface area contributed by atoms with Crippen molar-refractivity contribution in [1.29, 1.82) is 0 Å². The standard InChI is InChI=1S/C22H33N3O2/c1-16(2)12-21(26)25-15-19-7-5-4-6-18(19)13-20(25)22(27)24-10-8-17(9-11-24)14-23-3/h4-7,16-17,20,23H,8-15H2,1-3H3. The van der Waals surface area contributed by atoms with Crippen molar-refractivity contribution in [1.82, 2.24) is 15.1 Å². The lowest BCUT2D eigenvalue weighted by molar-refractivity contribution is -0.148. The Morgan fingerprint density at radius 1 is 1.15 bits per heavy atom. The Balaban J connectivity index is 1.75. The molecule has 0 spiro atoms. The van der Waals surface area contributed by atoms with Gasteiger partial charge in [0.05, 0.1) is 0 Å². The first-order chi connectivity index (χ1) is 13.0. The summed E-state index contributed by atoms with van der Waals surface area (Å²) in [6, 6.07) is 7.86. The fraction of sp³-hybridized carbons (Fsp3) is 0.636. The van der Waals surface area contributed by atoms with Gasteiger partial charge in [0.25, 0.3) is 0 Å². The molecule has 0 aromatic heterocycles. The van der Waals surface area contributed by atoms with Crippen molar-refractivity contribution in [2.24, 2.45) is 11.8 Å². The largest absolute Gasteiger partial charge is 0.341 e. The van der Waals surface area contributed by atoms with Crippen LogP contribution in [0.2, 0.25) is 0 Å². The average Bonchev–Trinajstić information content (AvgIpc) is 2.66. The molecule has 1 fully saturated rings. The highest BCUT2D eigenvalue weighted by Gasteiger charge is 2.37. The van der Waals surface area contributed by atoms with Crippen LogP contribution in [-0.2, 0) is 22.6 Å². The molecule has 1 aromatic carbocycles. The second-order valence-corrected chi connectivity index (χ2v) is 8.43. The summed E-state index contributed by atoms with van der Waals surface area (Å²) in [5.41, 5.74) is 2.38. The lowest BCUT2D eigenvalue weighted by Crippen LogP contribution is -2.55. The Morgan fingerprint density at radius 3 is 2.44 bits per heavy atom. The number of fused-ring (bicyclic) bond motifs is 1. The number of nitrogens with one attached hydrogen (secondary N) is 1. The molecule has 2 amide bonds. The molecule has 27 heavy (non-hydrogen) atoms. The van der Waals surface area contributed by atoms with Crippen LogP contribution in [0.3, 0.4) is 0 Å². The summed E-state index contributed by atoms with van der Waals surface area (Å²) in [5.74, 6) is 1.17. The van der Waals surface area contributed by atoms with Gasteiger partial charge in [0.1, 0.15) is 6.04 Å². The Labute approximate surface area is 163 Å². The van der Waals surface area contributed by atoms with Crippen LogP contribution in [0.25, 0.3) is 0 Å². The van der Waals surface area contributed by atoms with Gasteiger partial charge in [0, 0.05) is 32.5 Å². The fourth-order valence-corrected chi connectivity index (χ4v) is 4.33. The molecular formula is C22H33N3O2. The van der Waals surface area contributed by atoms with Gasteiger partial charge in [0.15, 0.2) is 0 Å². The number of rotatable bonds is 5. The van der Waals surface area contributed by atoms with Crippen LogP contribution in [0.15, 0.2) is 24.3 Å². The van der Waals surface area contributed by atoms with E-state index in [4.69, 9.17) is 0 Å². The van der Waals surface area contributed by atoms with Gasteiger partial charge in [0.2, 0.25) is 11.8 Å². The van der Waals surface area contributed by atoms with Gasteiger partial charge < -0.3 is 15.1 Å². The highest BCUT2D eigenvalue weighted by Crippen LogP contribution is 2.27. The maximum atomic E-state index is 13.3. The van der Waals surface area contributed by atoms with Crippen LogP contribution in [0, 0.1) is 11.8 Å². The minimum atomic E-state index is -0.355. The third-order valence-corrected chi connectivity index (χ3v) is 5.86. The van der Waals surface area contributed by atoms with Gasteiger partial charge in [-0.05, 0) is 49.4 Å². The topological polar surface area (TPSA) is 52.7 Å². The summed E-state index contributed by atoms with van der Waals surface area (Å²) in [5, 5.41) is 3.24. The van der Waals surface area contributed by atoms with E-state index in [1.54, 1.807) is 0 Å². The van der Waals surface area contributed by atoms with Crippen molar-refractivity contribution in [3.05, 3.63) is 35.4 Å². The zero-order chi connectivity index (χ0) is 19.4. The summed E-state index contributed by atoms with van der Waals surface area (Å²) in [6.07, 6.45) is 3.21. The molecule has 1 saturated heterocycles. The van der Waals surface area contributed by atoms with E-state index in [0.717, 1.165) is 32.5 Å². The van der Waals surface area contributed by atoms with E-state index in [1.165, 1.54) is 11.1 Å². The molecule has 5 heteroatoms. The van der Waals surface area contributed by atoms with E-state index in [0.29, 0.717) is 31.2 Å². The molecule has 0 saturated carbocycles. The van der Waals surface area contributed by atoms with Gasteiger partial charge in [-0.1, -0.05) is 38.1 Å². The van der Waals surface area contributed by atoms with Crippen molar-refractivity contribution in [2.45, 2.75) is 52.1 Å². The highest BCUT2D eigenvalue weighted by molar-refractivity contribution is 5.88. The summed E-state index contributed by atoms with van der Waals surface area (Å²) < 4.78 is 0. The Morgan fingerprint density at radius 2 is 1.81 bits per heavy atom. The summed E-state index contributed by atoms with van der Waals surface area (Å²) in [7, 11) is 1.98. The molecule has 1 unspecified atom stereocenters. The SMILES string of the molecule is CNCC1CCN(C(=O)C2Cc3ccccc3CN2C(=O)CC(C)C)CC1. The molecule has 148 valence electrons. The molecule has 5 nitrogen and oxygen atoms in total. The van der Waals surface area contributed by atoms with Crippen LogP contribution < -0.4 is 5.32 Å². The molecule has 0 bridgehead atoms. The first kappa shape index (κ1) is 19.9. The highest BCUT2D eigenvalue weighted by atomic mass is 16.2. The van der Waals surface area contributed by atoms with Gasteiger partial charge in [-0.2, -0.15) is 0 Å². The van der Waals surface area contributed by atoms with Crippen molar-refractivity contribution >= 4 is 11.8 Å². The summed E-state index contributed by atoms with van der Waals surface area (Å²) in [4.78, 5) is 30.1. The molecular weight excluding hydrogens is 338 g/mol. The predicted molar refractivity (Wildman–Crippen MR) is 107 cm³/mol. The van der Waals surface area contributed by atoms with Crippen LogP contribution >= 0.6 is 0 Å². The summed E-state index contributed by atoms with van der Waals surface area (Å²) in [6.45, 7) is 7.27. The van der Waals surface area contributed by atoms with Crippen LogP contribution in [-0.4, -0.2) is 54.3 Å². The van der Waals surface area contributed by atoms with Crippen LogP contribution in [0.5, 0.6) is 0 Å². The van der Waals surface area contributed by atoms with Gasteiger partial charge in [-0.25, -0.2) is 0 Å². The normalized spacial score (nSPS) is 20.7. The number of amides is 2. The second kappa shape index (κ2) is 8.87. The fourth-order valence-electron chi connectivity index (χ4n) is 4.33. The van der Waals surface area contributed by atoms with Crippen molar-refractivity contribution in [2.75, 3.05) is 26.7 Å². The number of nitrogens with zero attached hydrogens (tertiary/aromatic N) is 2. The van der Waals surface area contributed by atoms with E-state index in [2.05, 4.69) is 31.3 Å².